The number of nitrogens with one attached hydrogen (secondary N) is 2. The normalized spacial score (nSPS) is 16.7. The van der Waals surface area contributed by atoms with Gasteiger partial charge < -0.3 is 5.32 Å². The molecule has 1 aromatic heterocycles. The van der Waals surface area contributed by atoms with Gasteiger partial charge in [-0.1, -0.05) is 18.2 Å². The molecule has 0 radical (unpaired) electrons. The van der Waals surface area contributed by atoms with Crippen LogP contribution in [-0.2, 0) is 6.54 Å². The maximum atomic E-state index is 14.0. The number of hydrogen-bond donors (Lipinski definition) is 2. The smallest absolute Gasteiger partial charge is 0.159 e. The van der Waals surface area contributed by atoms with Crippen molar-refractivity contribution >= 4 is 10.9 Å². The first kappa shape index (κ1) is 19.0. The van der Waals surface area contributed by atoms with Crippen LogP contribution in [0.4, 0.5) is 8.78 Å². The second-order valence-electron chi connectivity index (χ2n) is 8.13. The van der Waals surface area contributed by atoms with Gasteiger partial charge in [-0.3, -0.25) is 10.00 Å². The van der Waals surface area contributed by atoms with Gasteiger partial charge in [0.25, 0.3) is 0 Å². The van der Waals surface area contributed by atoms with Gasteiger partial charge in [-0.25, -0.2) is 8.78 Å². The summed E-state index contributed by atoms with van der Waals surface area (Å²) in [5.41, 5.74) is 2.63. The van der Waals surface area contributed by atoms with Crippen LogP contribution in [0.5, 0.6) is 0 Å². The molecule has 0 aliphatic carbocycles. The van der Waals surface area contributed by atoms with Crippen LogP contribution in [0.2, 0.25) is 0 Å². The fraction of sp³-hybridized carbons (Fsp3) is 0.409. The van der Waals surface area contributed by atoms with E-state index in [1.807, 2.05) is 6.07 Å². The van der Waals surface area contributed by atoms with Gasteiger partial charge in [-0.05, 0) is 69.1 Å². The van der Waals surface area contributed by atoms with E-state index in [1.165, 1.54) is 25.0 Å². The Morgan fingerprint density at radius 2 is 1.89 bits per heavy atom. The highest BCUT2D eigenvalue weighted by Gasteiger charge is 2.37. The first-order valence-electron chi connectivity index (χ1n) is 9.80. The summed E-state index contributed by atoms with van der Waals surface area (Å²) < 4.78 is 27.5. The van der Waals surface area contributed by atoms with Crippen LogP contribution in [0, 0.1) is 11.6 Å². The molecule has 0 saturated carbocycles. The first-order valence-corrected chi connectivity index (χ1v) is 9.80. The Labute approximate surface area is 163 Å². The molecule has 2 N–H and O–H groups in total. The molecule has 1 aliphatic heterocycles. The summed E-state index contributed by atoms with van der Waals surface area (Å²) >= 11 is 0. The van der Waals surface area contributed by atoms with E-state index < -0.39 is 11.6 Å². The lowest BCUT2D eigenvalue weighted by atomic mass is 9.86. The molecule has 1 atom stereocenters. The van der Waals surface area contributed by atoms with Crippen molar-refractivity contribution in [3.63, 3.8) is 0 Å². The van der Waals surface area contributed by atoms with Gasteiger partial charge in [-0.15, -0.1) is 0 Å². The molecule has 0 amide bonds. The van der Waals surface area contributed by atoms with E-state index in [0.717, 1.165) is 35.1 Å². The Bertz CT molecular complexity index is 960. The minimum atomic E-state index is -0.814. The zero-order valence-electron chi connectivity index (χ0n) is 16.3. The van der Waals surface area contributed by atoms with Crippen LogP contribution in [-0.4, -0.2) is 33.7 Å². The maximum Gasteiger partial charge on any atom is 0.159 e. The van der Waals surface area contributed by atoms with Crippen molar-refractivity contribution in [1.29, 1.82) is 0 Å². The van der Waals surface area contributed by atoms with E-state index in [0.29, 0.717) is 6.54 Å². The lowest BCUT2D eigenvalue weighted by Crippen LogP contribution is -2.51. The van der Waals surface area contributed by atoms with Gasteiger partial charge in [-0.2, -0.15) is 5.10 Å². The summed E-state index contributed by atoms with van der Waals surface area (Å²) in [7, 11) is 0. The van der Waals surface area contributed by atoms with E-state index in [4.69, 9.17) is 0 Å². The molecule has 28 heavy (non-hydrogen) atoms. The Kier molecular flexibility index (Phi) is 5.17. The average molecular weight is 384 g/mol. The van der Waals surface area contributed by atoms with Crippen LogP contribution in [0.25, 0.3) is 10.9 Å². The number of benzene rings is 2. The van der Waals surface area contributed by atoms with E-state index in [1.54, 1.807) is 12.3 Å². The van der Waals surface area contributed by atoms with Crippen molar-refractivity contribution in [2.24, 2.45) is 0 Å². The number of rotatable bonds is 6. The largest absolute Gasteiger partial charge is 0.304 e. The third kappa shape index (κ3) is 3.66. The van der Waals surface area contributed by atoms with Crippen LogP contribution in [0.15, 0.2) is 42.6 Å². The average Bonchev–Trinajstić information content (AvgIpc) is 3.36. The first-order chi connectivity index (χ1) is 13.4. The Morgan fingerprint density at radius 3 is 2.64 bits per heavy atom. The highest BCUT2D eigenvalue weighted by molar-refractivity contribution is 5.78. The van der Waals surface area contributed by atoms with E-state index in [2.05, 4.69) is 46.4 Å². The molecule has 4 rings (SSSR count). The Morgan fingerprint density at radius 1 is 1.11 bits per heavy atom. The molecule has 4 nitrogen and oxygen atoms in total. The highest BCUT2D eigenvalue weighted by atomic mass is 19.2. The molecule has 2 heterocycles. The Hall–Kier alpha value is -2.31. The Balaban J connectivity index is 1.62. The molecule has 0 unspecified atom stereocenters. The molecular formula is C22H26F2N4. The number of aromatic amines is 1. The third-order valence-electron chi connectivity index (χ3n) is 5.92. The summed E-state index contributed by atoms with van der Waals surface area (Å²) in [5.74, 6) is -1.62. The van der Waals surface area contributed by atoms with Crippen LogP contribution in [0.1, 0.15) is 43.9 Å². The summed E-state index contributed by atoms with van der Waals surface area (Å²) in [6.07, 6.45) is 4.14. The van der Waals surface area contributed by atoms with E-state index in [9.17, 15) is 8.78 Å². The number of aromatic nitrogens is 2. The zero-order valence-corrected chi connectivity index (χ0v) is 16.3. The van der Waals surface area contributed by atoms with Crippen molar-refractivity contribution in [3.05, 3.63) is 65.4 Å². The zero-order chi connectivity index (χ0) is 19.7. The molecular weight excluding hydrogens is 358 g/mol. The maximum absolute atomic E-state index is 14.0. The third-order valence-corrected chi connectivity index (χ3v) is 5.92. The van der Waals surface area contributed by atoms with Crippen molar-refractivity contribution in [2.45, 2.75) is 44.8 Å². The summed E-state index contributed by atoms with van der Waals surface area (Å²) in [6.45, 7) is 7.02. The SMILES string of the molecule is CC(C)([C@H](NCc1ccc2cn[nH]c2c1)c1ccc(F)c(F)c1)N1CCCC1. The lowest BCUT2D eigenvalue weighted by Gasteiger charge is -2.43. The number of halogens is 2. The molecule has 148 valence electrons. The van der Waals surface area contributed by atoms with Crippen molar-refractivity contribution in [1.82, 2.24) is 20.4 Å². The van der Waals surface area contributed by atoms with Gasteiger partial charge in [0, 0.05) is 17.5 Å². The van der Waals surface area contributed by atoms with Gasteiger partial charge >= 0.3 is 0 Å². The molecule has 1 saturated heterocycles. The number of fused-ring (bicyclic) bond motifs is 1. The van der Waals surface area contributed by atoms with Crippen molar-refractivity contribution in [3.8, 4) is 0 Å². The quantitative estimate of drug-likeness (QED) is 0.655. The van der Waals surface area contributed by atoms with Gasteiger partial charge in [0.2, 0.25) is 0 Å². The number of nitrogens with zero attached hydrogens (tertiary/aromatic N) is 2. The summed E-state index contributed by atoms with van der Waals surface area (Å²) in [4.78, 5) is 2.43. The lowest BCUT2D eigenvalue weighted by molar-refractivity contribution is 0.105. The molecule has 2 aromatic carbocycles. The minimum absolute atomic E-state index is 0.141. The monoisotopic (exact) mass is 384 g/mol. The van der Waals surface area contributed by atoms with Crippen molar-refractivity contribution in [2.75, 3.05) is 13.1 Å². The number of H-pyrrole nitrogens is 1. The minimum Gasteiger partial charge on any atom is -0.304 e. The van der Waals surface area contributed by atoms with Crippen molar-refractivity contribution < 1.29 is 8.78 Å². The fourth-order valence-corrected chi connectivity index (χ4v) is 4.26. The number of likely N-dealkylation sites (tertiary alicyclic amines) is 1. The van der Waals surface area contributed by atoms with Gasteiger partial charge in [0.15, 0.2) is 11.6 Å². The van der Waals surface area contributed by atoms with Gasteiger partial charge in [0.1, 0.15) is 0 Å². The predicted molar refractivity (Wildman–Crippen MR) is 107 cm³/mol. The predicted octanol–water partition coefficient (Wildman–Crippen LogP) is 4.55. The number of hydrogen-bond acceptors (Lipinski definition) is 3. The standard InChI is InChI=1S/C22H26F2N4/c1-22(2,28-9-3-4-10-28)21(16-7-8-18(23)19(24)12-16)25-13-15-5-6-17-14-26-27-20(17)11-15/h5-8,11-12,14,21,25H,3-4,9-10,13H2,1-2H3,(H,26,27)/t21-/m1/s1. The van der Waals surface area contributed by atoms with E-state index in [-0.39, 0.29) is 11.6 Å². The second-order valence-corrected chi connectivity index (χ2v) is 8.13. The van der Waals surface area contributed by atoms with Crippen LogP contribution < -0.4 is 5.32 Å². The molecule has 1 aliphatic rings. The molecule has 3 aromatic rings. The second kappa shape index (κ2) is 7.60. The highest BCUT2D eigenvalue weighted by Crippen LogP contribution is 2.34. The van der Waals surface area contributed by atoms with E-state index >= 15 is 0 Å². The summed E-state index contributed by atoms with van der Waals surface area (Å²) in [5, 5.41) is 11.7. The van der Waals surface area contributed by atoms with Crippen LogP contribution >= 0.6 is 0 Å². The van der Waals surface area contributed by atoms with Crippen LogP contribution in [0.3, 0.4) is 0 Å². The molecule has 6 heteroatoms. The summed E-state index contributed by atoms with van der Waals surface area (Å²) in [6, 6.07) is 10.3. The molecule has 0 bridgehead atoms. The molecule has 1 fully saturated rings. The fourth-order valence-electron chi connectivity index (χ4n) is 4.26. The molecule has 0 spiro atoms. The van der Waals surface area contributed by atoms with Gasteiger partial charge in [0.05, 0.1) is 17.8 Å². The topological polar surface area (TPSA) is 44.0 Å².